The van der Waals surface area contributed by atoms with Gasteiger partial charge in [0.15, 0.2) is 0 Å². The molecule has 0 fully saturated rings. The molecular weight excluding hydrogens is 222 g/mol. The van der Waals surface area contributed by atoms with Crippen molar-refractivity contribution < 1.29 is 13.2 Å². The molecule has 0 aromatic carbocycles. The molecule has 9 heavy (non-hydrogen) atoms. The van der Waals surface area contributed by atoms with Gasteiger partial charge in [0.25, 0.3) is 0 Å². The summed E-state index contributed by atoms with van der Waals surface area (Å²) in [5.74, 6) is 0. The average molecular weight is 224 g/mol. The third-order valence-corrected chi connectivity index (χ3v) is 0. The zero-order valence-corrected chi connectivity index (χ0v) is 6.92. The van der Waals surface area contributed by atoms with E-state index in [1.807, 2.05) is 0 Å². The Morgan fingerprint density at radius 1 is 1.00 bits per heavy atom. The molecule has 0 aromatic rings. The summed E-state index contributed by atoms with van der Waals surface area (Å²) in [7, 11) is 0. The topological polar surface area (TPSA) is 0 Å². The van der Waals surface area contributed by atoms with Crippen molar-refractivity contribution in [1.29, 1.82) is 0 Å². The van der Waals surface area contributed by atoms with Crippen LogP contribution in [0.1, 0.15) is 0 Å². The van der Waals surface area contributed by atoms with Gasteiger partial charge >= 0.3 is 11.6 Å². The van der Waals surface area contributed by atoms with Gasteiger partial charge in [0.1, 0.15) is 0 Å². The van der Waals surface area contributed by atoms with E-state index in [0.29, 0.717) is 0 Å². The van der Waals surface area contributed by atoms with E-state index >= 15 is 0 Å². The van der Waals surface area contributed by atoms with Crippen molar-refractivity contribution in [2.24, 2.45) is 0 Å². The van der Waals surface area contributed by atoms with Gasteiger partial charge in [-0.05, 0) is 0 Å². The first-order valence-electron chi connectivity index (χ1n) is 1.31. The van der Waals surface area contributed by atoms with Gasteiger partial charge in [-0.2, -0.15) is 47.6 Å². The third-order valence-electron chi connectivity index (χ3n) is 0. The number of hydrogen-bond acceptors (Lipinski definition) is 0. The highest BCUT2D eigenvalue weighted by molar-refractivity contribution is 7.54. The molecule has 0 amide bonds. The molecule has 58 valence electrons. The highest BCUT2D eigenvalue weighted by Gasteiger charge is 1.91. The maximum Gasteiger partial charge on any atom is 0.450 e. The minimum absolute atomic E-state index is 0. The predicted octanol–water partition coefficient (Wildman–Crippen LogP) is 3.29. The highest BCUT2D eigenvalue weighted by Crippen LogP contribution is 1.97. The second-order valence-corrected chi connectivity index (χ2v) is 2.47. The normalized spacial score (nSPS) is 7.00. The van der Waals surface area contributed by atoms with E-state index in [2.05, 4.69) is 0 Å². The van der Waals surface area contributed by atoms with Crippen molar-refractivity contribution in [1.82, 2.24) is 0 Å². The molecule has 0 bridgehead atoms. The summed E-state index contributed by atoms with van der Waals surface area (Å²) in [6, 6.07) is 0. The molecule has 0 rings (SSSR count). The van der Waals surface area contributed by atoms with Crippen LogP contribution >= 0.6 is 46.8 Å². The zero-order valence-electron chi connectivity index (χ0n) is 3.83. The number of alkyl halides is 3. The van der Waals surface area contributed by atoms with Gasteiger partial charge in [0.05, 0.1) is 0 Å². The summed E-state index contributed by atoms with van der Waals surface area (Å²) >= 11 is 14.4. The van der Waals surface area contributed by atoms with Crippen LogP contribution < -0.4 is 0 Å². The fraction of sp³-hybridized carbons (Fsp3) is 1.00. The van der Waals surface area contributed by atoms with E-state index < -0.39 is 11.6 Å². The molecule has 0 spiro atoms. The molecule has 0 atom stereocenters. The molecule has 0 saturated carbocycles. The second kappa shape index (κ2) is 11.8. The lowest BCUT2D eigenvalue weighted by Gasteiger charge is -1.65. The average Bonchev–Trinajstić information content (AvgIpc) is 1.25. The summed E-state index contributed by atoms with van der Waals surface area (Å²) in [6.07, 6.45) is 0. The molecule has 0 saturated heterocycles. The van der Waals surface area contributed by atoms with E-state index in [9.17, 15) is 13.2 Å². The molecule has 0 N–H and O–H groups in total. The first-order chi connectivity index (χ1) is 3.46. The van der Waals surface area contributed by atoms with Crippen molar-refractivity contribution in [3.05, 3.63) is 0 Å². The Labute approximate surface area is 71.9 Å². The molecule has 0 radical (unpaired) electrons. The summed E-state index contributed by atoms with van der Waals surface area (Å²) in [5, 5.41) is 0. The van der Waals surface area contributed by atoms with E-state index in [1.54, 1.807) is 0 Å². The van der Waals surface area contributed by atoms with E-state index in [4.69, 9.17) is 34.4 Å². The van der Waals surface area contributed by atoms with Crippen LogP contribution in [0.2, 0.25) is 0 Å². The Kier molecular flexibility index (Phi) is 21.6. The number of halogens is 7. The van der Waals surface area contributed by atoms with Crippen LogP contribution in [0.15, 0.2) is 0 Å². The number of rotatable bonds is 0. The summed E-state index contributed by atoms with van der Waals surface area (Å²) < 4.78 is 29.0. The standard InChI is InChI=1S/CHF3.BCl3.ClH/c2*2-1(3)4;/h1H;;1H. The molecular formula is CH2BCl4F3. The number of hydrogen-bond donors (Lipinski definition) is 0. The lowest BCUT2D eigenvalue weighted by Crippen LogP contribution is -1.66. The summed E-state index contributed by atoms with van der Waals surface area (Å²) in [5.41, 5.74) is 0. The van der Waals surface area contributed by atoms with Crippen molar-refractivity contribution in [3.63, 3.8) is 0 Å². The molecule has 8 heteroatoms. The van der Waals surface area contributed by atoms with Crippen molar-refractivity contribution >= 4 is 51.7 Å². The van der Waals surface area contributed by atoms with Crippen LogP contribution in [0, 0.1) is 0 Å². The van der Waals surface area contributed by atoms with E-state index in [1.165, 1.54) is 0 Å². The van der Waals surface area contributed by atoms with Gasteiger partial charge < -0.3 is 0 Å². The first-order valence-corrected chi connectivity index (χ1v) is 2.62. The maximum absolute atomic E-state index is 9.67. The Hall–Kier alpha value is 1.01. The van der Waals surface area contributed by atoms with Crippen LogP contribution in [0.3, 0.4) is 0 Å². The molecule has 0 aromatic heterocycles. The Morgan fingerprint density at radius 2 is 1.00 bits per heavy atom. The van der Waals surface area contributed by atoms with Gasteiger partial charge in [0.2, 0.25) is 0 Å². The van der Waals surface area contributed by atoms with Crippen LogP contribution in [-0.4, -0.2) is 11.6 Å². The third kappa shape index (κ3) is 431. The molecule has 0 heterocycles. The van der Waals surface area contributed by atoms with E-state index in [0.717, 1.165) is 0 Å². The van der Waals surface area contributed by atoms with Crippen molar-refractivity contribution in [3.8, 4) is 0 Å². The van der Waals surface area contributed by atoms with Crippen molar-refractivity contribution in [2.45, 2.75) is 6.68 Å². The monoisotopic (exact) mass is 222 g/mol. The first kappa shape index (κ1) is 16.5. The molecule has 0 unspecified atom stereocenters. The Morgan fingerprint density at radius 3 is 1.00 bits per heavy atom. The molecule has 0 aliphatic rings. The molecule has 0 nitrogen and oxygen atoms in total. The lowest BCUT2D eigenvalue weighted by atomic mass is 10.7. The van der Waals surface area contributed by atoms with Crippen LogP contribution in [-0.2, 0) is 0 Å². The lowest BCUT2D eigenvalue weighted by molar-refractivity contribution is 0.00819. The summed E-state index contributed by atoms with van der Waals surface area (Å²) in [6.45, 7) is -3.67. The minimum atomic E-state index is -3.67. The Balaban J connectivity index is -0.0000000720. The zero-order chi connectivity index (χ0) is 7.15. The second-order valence-electron chi connectivity index (χ2n) is 0.495. The SMILES string of the molecule is Cl.ClB(Cl)Cl.FC(F)F. The fourth-order valence-electron chi connectivity index (χ4n) is 0. The molecule has 0 aliphatic carbocycles. The van der Waals surface area contributed by atoms with Crippen LogP contribution in [0.5, 0.6) is 0 Å². The van der Waals surface area contributed by atoms with Gasteiger partial charge in [0, 0.05) is 0 Å². The van der Waals surface area contributed by atoms with E-state index in [-0.39, 0.29) is 12.4 Å². The van der Waals surface area contributed by atoms with Gasteiger partial charge in [-0.25, -0.2) is 0 Å². The van der Waals surface area contributed by atoms with Gasteiger partial charge in [-0.3, -0.25) is 0 Å². The highest BCUT2D eigenvalue weighted by atomic mass is 35.6. The minimum Gasteiger partial charge on any atom is -0.174 e. The molecule has 0 aliphatic heterocycles. The predicted molar refractivity (Wildman–Crippen MR) is 37.7 cm³/mol. The van der Waals surface area contributed by atoms with Crippen LogP contribution in [0.4, 0.5) is 13.2 Å². The Bertz CT molecular complexity index is 31.3. The quantitative estimate of drug-likeness (QED) is 0.553. The summed E-state index contributed by atoms with van der Waals surface area (Å²) in [4.78, 5) is -0.750. The smallest absolute Gasteiger partial charge is 0.174 e. The van der Waals surface area contributed by atoms with Crippen molar-refractivity contribution in [2.75, 3.05) is 0 Å². The largest absolute Gasteiger partial charge is 0.450 e. The fourth-order valence-corrected chi connectivity index (χ4v) is 0. The van der Waals surface area contributed by atoms with Crippen LogP contribution in [0.25, 0.3) is 0 Å². The maximum atomic E-state index is 9.67. The van der Waals surface area contributed by atoms with Gasteiger partial charge in [-0.15, -0.1) is 12.4 Å². The van der Waals surface area contributed by atoms with Gasteiger partial charge in [-0.1, -0.05) is 0 Å².